The molecule has 134 valence electrons. The molecule has 0 unspecified atom stereocenters. The molecular weight excluding hydrogens is 330 g/mol. The molecule has 3 aromatic rings. The van der Waals surface area contributed by atoms with Crippen molar-refractivity contribution in [3.05, 3.63) is 59.8 Å². The molecule has 1 aliphatic rings. The minimum Gasteiger partial charge on any atom is -0.200 e. The van der Waals surface area contributed by atoms with E-state index in [1.165, 1.54) is 64.5 Å². The van der Waals surface area contributed by atoms with Crippen LogP contribution >= 0.6 is 0 Å². The summed E-state index contributed by atoms with van der Waals surface area (Å²) in [5.41, 5.74) is 5.36. The van der Waals surface area contributed by atoms with Crippen molar-refractivity contribution >= 4 is 24.0 Å². The lowest BCUT2D eigenvalue weighted by molar-refractivity contribution is -0.659. The molecule has 1 nitrogen and oxygen atoms in total. The maximum Gasteiger partial charge on any atom is 0.220 e. The quantitative estimate of drug-likeness (QED) is 0.424. The number of rotatable bonds is 2. The van der Waals surface area contributed by atoms with Crippen LogP contribution in [0.15, 0.2) is 48.7 Å². The van der Waals surface area contributed by atoms with E-state index >= 15 is 0 Å². The summed E-state index contributed by atoms with van der Waals surface area (Å²) in [6.45, 7) is 7.00. The molecule has 2 aromatic carbocycles. The normalized spacial score (nSPS) is 16.8. The molecule has 0 spiro atoms. The number of hydrogen-bond donors (Lipinski definition) is 0. The Morgan fingerprint density at radius 1 is 0.885 bits per heavy atom. The zero-order valence-electron chi connectivity index (χ0n) is 16.6. The highest BCUT2D eigenvalue weighted by Gasteiger charge is 2.31. The topological polar surface area (TPSA) is 3.88 Å². The van der Waals surface area contributed by atoms with E-state index in [0.29, 0.717) is 0 Å². The van der Waals surface area contributed by atoms with Crippen LogP contribution in [0.4, 0.5) is 0 Å². The molecule has 2 heterocycles. The Morgan fingerprint density at radius 2 is 1.65 bits per heavy atom. The average Bonchev–Trinajstić information content (AvgIpc) is 2.64. The highest BCUT2D eigenvalue weighted by molar-refractivity contribution is 6.91. The molecule has 0 amide bonds. The Morgan fingerprint density at radius 3 is 2.42 bits per heavy atom. The Kier molecular flexibility index (Phi) is 4.48. The first kappa shape index (κ1) is 17.5. The fraction of sp³-hybridized carbons (Fsp3) is 0.375. The number of nitrogens with zero attached hydrogens (tertiary/aromatic N) is 1. The highest BCUT2D eigenvalue weighted by Crippen LogP contribution is 2.31. The standard InChI is InChI=1S/C24H30NSi/c1-18-8-9-19(2)23(16-18)24-22-11-10-21(17-20(22)12-13-25(24)3)26(4)14-6-5-7-15-26/h8-13,16-17H,5-7,14-15H2,1-4H3/q+1. The maximum atomic E-state index is 2.60. The van der Waals surface area contributed by atoms with Gasteiger partial charge in [-0.2, -0.15) is 0 Å². The van der Waals surface area contributed by atoms with Gasteiger partial charge in [-0.05, 0) is 36.9 Å². The van der Waals surface area contributed by atoms with E-state index in [4.69, 9.17) is 0 Å². The molecule has 1 aliphatic heterocycles. The third-order valence-electron chi connectivity index (χ3n) is 6.44. The molecule has 0 bridgehead atoms. The molecule has 26 heavy (non-hydrogen) atoms. The number of pyridine rings is 1. The summed E-state index contributed by atoms with van der Waals surface area (Å²) >= 11 is 0. The van der Waals surface area contributed by atoms with E-state index in [1.807, 2.05) is 0 Å². The second-order valence-electron chi connectivity index (χ2n) is 8.52. The molecule has 0 atom stereocenters. The van der Waals surface area contributed by atoms with E-state index in [2.05, 4.69) is 80.7 Å². The van der Waals surface area contributed by atoms with Gasteiger partial charge in [0.25, 0.3) is 0 Å². The Labute approximate surface area is 158 Å². The van der Waals surface area contributed by atoms with Crippen molar-refractivity contribution in [3.63, 3.8) is 0 Å². The Bertz CT molecular complexity index is 967. The zero-order chi connectivity index (χ0) is 18.3. The predicted molar refractivity (Wildman–Crippen MR) is 115 cm³/mol. The van der Waals surface area contributed by atoms with Crippen molar-refractivity contribution in [1.29, 1.82) is 0 Å². The Balaban J connectivity index is 1.90. The van der Waals surface area contributed by atoms with E-state index in [-0.39, 0.29) is 0 Å². The van der Waals surface area contributed by atoms with Gasteiger partial charge in [-0.25, -0.2) is 4.57 Å². The lowest BCUT2D eigenvalue weighted by Crippen LogP contribution is -2.45. The van der Waals surface area contributed by atoms with Crippen LogP contribution in [0.3, 0.4) is 0 Å². The second-order valence-corrected chi connectivity index (χ2v) is 13.2. The largest absolute Gasteiger partial charge is 0.220 e. The molecule has 0 saturated carbocycles. The summed E-state index contributed by atoms with van der Waals surface area (Å²) in [6, 6.07) is 19.4. The number of hydrogen-bond acceptors (Lipinski definition) is 0. The SMILES string of the molecule is Cc1ccc(C)c(-c2c3ccc([Si]4(C)CCCCC4)cc3cc[n+]2C)c1. The molecule has 0 N–H and O–H groups in total. The summed E-state index contributed by atoms with van der Waals surface area (Å²) in [5.74, 6) is 0. The smallest absolute Gasteiger partial charge is 0.200 e. The summed E-state index contributed by atoms with van der Waals surface area (Å²) in [7, 11) is 0.901. The fourth-order valence-corrected chi connectivity index (χ4v) is 8.57. The molecule has 0 radical (unpaired) electrons. The van der Waals surface area contributed by atoms with Crippen LogP contribution < -0.4 is 9.75 Å². The number of aryl methyl sites for hydroxylation is 3. The first-order chi connectivity index (χ1) is 12.5. The average molecular weight is 361 g/mol. The van der Waals surface area contributed by atoms with E-state index in [9.17, 15) is 0 Å². The summed E-state index contributed by atoms with van der Waals surface area (Å²) < 4.78 is 2.28. The lowest BCUT2D eigenvalue weighted by atomic mass is 9.98. The van der Waals surface area contributed by atoms with Crippen molar-refractivity contribution in [1.82, 2.24) is 0 Å². The number of fused-ring (bicyclic) bond motifs is 1. The van der Waals surface area contributed by atoms with Crippen LogP contribution in [0.25, 0.3) is 22.0 Å². The number of benzene rings is 2. The number of aromatic nitrogens is 1. The summed E-state index contributed by atoms with van der Waals surface area (Å²) in [5, 5.41) is 4.43. The third-order valence-corrected chi connectivity index (χ3v) is 11.1. The van der Waals surface area contributed by atoms with Gasteiger partial charge in [-0.3, -0.25) is 0 Å². The summed E-state index contributed by atoms with van der Waals surface area (Å²) in [4.78, 5) is 0. The van der Waals surface area contributed by atoms with Gasteiger partial charge in [0.15, 0.2) is 6.20 Å². The van der Waals surface area contributed by atoms with Crippen LogP contribution in [-0.4, -0.2) is 8.07 Å². The molecular formula is C24H30NSi+. The maximum absolute atomic E-state index is 2.60. The molecule has 1 saturated heterocycles. The molecule has 1 aromatic heterocycles. The van der Waals surface area contributed by atoms with Crippen molar-refractivity contribution < 1.29 is 4.57 Å². The van der Waals surface area contributed by atoms with E-state index in [1.54, 1.807) is 5.19 Å². The van der Waals surface area contributed by atoms with Crippen LogP contribution in [-0.2, 0) is 7.05 Å². The first-order valence-electron chi connectivity index (χ1n) is 9.98. The van der Waals surface area contributed by atoms with Gasteiger partial charge < -0.3 is 0 Å². The second kappa shape index (κ2) is 6.66. The predicted octanol–water partition coefficient (Wildman–Crippen LogP) is 5.42. The van der Waals surface area contributed by atoms with Crippen LogP contribution in [0.1, 0.15) is 30.4 Å². The van der Waals surface area contributed by atoms with E-state index < -0.39 is 8.07 Å². The molecule has 0 aliphatic carbocycles. The van der Waals surface area contributed by atoms with Crippen LogP contribution in [0.2, 0.25) is 18.6 Å². The third kappa shape index (κ3) is 3.01. The minimum absolute atomic E-state index is 1.27. The molecule has 1 fully saturated rings. The lowest BCUT2D eigenvalue weighted by Gasteiger charge is -2.32. The van der Waals surface area contributed by atoms with Gasteiger partial charge in [0, 0.05) is 11.6 Å². The van der Waals surface area contributed by atoms with E-state index in [0.717, 1.165) is 0 Å². The van der Waals surface area contributed by atoms with Gasteiger partial charge in [0.1, 0.15) is 7.05 Å². The van der Waals surface area contributed by atoms with Gasteiger partial charge in [0.05, 0.1) is 13.5 Å². The van der Waals surface area contributed by atoms with Crippen molar-refractivity contribution in [3.8, 4) is 11.3 Å². The minimum atomic E-state index is -1.27. The monoisotopic (exact) mass is 360 g/mol. The van der Waals surface area contributed by atoms with Crippen molar-refractivity contribution in [2.45, 2.75) is 51.7 Å². The molecule has 4 rings (SSSR count). The van der Waals surface area contributed by atoms with Gasteiger partial charge >= 0.3 is 0 Å². The van der Waals surface area contributed by atoms with Crippen LogP contribution in [0.5, 0.6) is 0 Å². The van der Waals surface area contributed by atoms with Gasteiger partial charge in [-0.1, -0.05) is 72.9 Å². The first-order valence-corrected chi connectivity index (χ1v) is 12.9. The Hall–Kier alpha value is -1.93. The molecule has 2 heteroatoms. The highest BCUT2D eigenvalue weighted by atomic mass is 28.3. The van der Waals surface area contributed by atoms with Crippen molar-refractivity contribution in [2.75, 3.05) is 0 Å². The van der Waals surface area contributed by atoms with Crippen LogP contribution in [0, 0.1) is 13.8 Å². The zero-order valence-corrected chi connectivity index (χ0v) is 17.6. The van der Waals surface area contributed by atoms with Crippen molar-refractivity contribution in [2.24, 2.45) is 7.05 Å². The van der Waals surface area contributed by atoms with Gasteiger partial charge in [0.2, 0.25) is 5.69 Å². The summed E-state index contributed by atoms with van der Waals surface area (Å²) in [6.07, 6.45) is 6.52. The van der Waals surface area contributed by atoms with Gasteiger partial charge in [-0.15, -0.1) is 0 Å². The fourth-order valence-electron chi connectivity index (χ4n) is 4.70.